The Morgan fingerprint density at radius 2 is 2.17 bits per heavy atom. The molecule has 2 aromatic rings. The van der Waals surface area contributed by atoms with Gasteiger partial charge in [0.2, 0.25) is 0 Å². The molecule has 0 unspecified atom stereocenters. The van der Waals surface area contributed by atoms with E-state index < -0.39 is 0 Å². The first kappa shape index (κ1) is 12.6. The number of aryl methyl sites for hydroxylation is 1. The van der Waals surface area contributed by atoms with Crippen molar-refractivity contribution >= 4 is 11.0 Å². The molecule has 1 aromatic heterocycles. The van der Waals surface area contributed by atoms with Crippen LogP contribution in [0.15, 0.2) is 33.5 Å². The van der Waals surface area contributed by atoms with Crippen molar-refractivity contribution in [2.75, 3.05) is 20.2 Å². The summed E-state index contributed by atoms with van der Waals surface area (Å²) in [5.41, 5.74) is 1.17. The van der Waals surface area contributed by atoms with Gasteiger partial charge in [0.15, 0.2) is 0 Å². The van der Waals surface area contributed by atoms with Crippen molar-refractivity contribution in [2.45, 2.75) is 13.3 Å². The van der Waals surface area contributed by atoms with Crippen LogP contribution in [0, 0.1) is 6.92 Å². The highest BCUT2D eigenvalue weighted by molar-refractivity contribution is 5.81. The Labute approximate surface area is 106 Å². The summed E-state index contributed by atoms with van der Waals surface area (Å²) in [5.74, 6) is 0.729. The molecule has 2 rings (SSSR count). The minimum absolute atomic E-state index is 0.327. The fraction of sp³-hybridized carbons (Fsp3) is 0.357. The predicted octanol–water partition coefficient (Wildman–Crippen LogP) is 2.09. The summed E-state index contributed by atoms with van der Waals surface area (Å²) in [5, 5.41) is 4.00. The first-order chi connectivity index (χ1) is 8.70. The SMILES string of the molecule is CNCCCOc1ccc2c(C)cc(=O)oc2c1. The fourth-order valence-electron chi connectivity index (χ4n) is 1.83. The average Bonchev–Trinajstić information content (AvgIpc) is 2.34. The van der Waals surface area contributed by atoms with Gasteiger partial charge in [-0.2, -0.15) is 0 Å². The number of nitrogens with one attached hydrogen (secondary N) is 1. The lowest BCUT2D eigenvalue weighted by atomic mass is 10.1. The molecule has 4 nitrogen and oxygen atoms in total. The molecular weight excluding hydrogens is 230 g/mol. The van der Waals surface area contributed by atoms with Crippen LogP contribution < -0.4 is 15.7 Å². The van der Waals surface area contributed by atoms with E-state index in [1.807, 2.05) is 26.1 Å². The molecule has 0 bridgehead atoms. The molecule has 18 heavy (non-hydrogen) atoms. The van der Waals surface area contributed by atoms with E-state index in [1.54, 1.807) is 6.07 Å². The van der Waals surface area contributed by atoms with Crippen LogP contribution in [-0.2, 0) is 0 Å². The van der Waals surface area contributed by atoms with Gasteiger partial charge >= 0.3 is 5.63 Å². The third-order valence-corrected chi connectivity index (χ3v) is 2.76. The smallest absolute Gasteiger partial charge is 0.336 e. The molecule has 0 aliphatic carbocycles. The monoisotopic (exact) mass is 247 g/mol. The Balaban J connectivity index is 2.19. The topological polar surface area (TPSA) is 51.5 Å². The van der Waals surface area contributed by atoms with Gasteiger partial charge < -0.3 is 14.5 Å². The van der Waals surface area contributed by atoms with E-state index in [0.29, 0.717) is 12.2 Å². The molecular formula is C14H17NO3. The van der Waals surface area contributed by atoms with Crippen LogP contribution in [0.3, 0.4) is 0 Å². The molecule has 0 aliphatic rings. The van der Waals surface area contributed by atoms with Gasteiger partial charge in [0.25, 0.3) is 0 Å². The molecule has 1 heterocycles. The van der Waals surface area contributed by atoms with E-state index in [9.17, 15) is 4.79 Å². The number of hydrogen-bond acceptors (Lipinski definition) is 4. The van der Waals surface area contributed by atoms with Gasteiger partial charge in [-0.1, -0.05) is 0 Å². The second-order valence-corrected chi connectivity index (χ2v) is 4.21. The van der Waals surface area contributed by atoms with Crippen molar-refractivity contribution in [2.24, 2.45) is 0 Å². The largest absolute Gasteiger partial charge is 0.493 e. The Bertz CT molecular complexity index is 589. The third-order valence-electron chi connectivity index (χ3n) is 2.76. The summed E-state index contributed by atoms with van der Waals surface area (Å²) < 4.78 is 10.8. The van der Waals surface area contributed by atoms with E-state index in [-0.39, 0.29) is 5.63 Å². The predicted molar refractivity (Wildman–Crippen MR) is 71.3 cm³/mol. The minimum atomic E-state index is -0.327. The summed E-state index contributed by atoms with van der Waals surface area (Å²) in [6.07, 6.45) is 0.937. The zero-order valence-electron chi connectivity index (χ0n) is 10.7. The molecule has 0 fully saturated rings. The maximum Gasteiger partial charge on any atom is 0.336 e. The van der Waals surface area contributed by atoms with Gasteiger partial charge in [-0.05, 0) is 44.6 Å². The molecule has 0 radical (unpaired) electrons. The summed E-state index contributed by atoms with van der Waals surface area (Å²) >= 11 is 0. The van der Waals surface area contributed by atoms with Crippen molar-refractivity contribution < 1.29 is 9.15 Å². The minimum Gasteiger partial charge on any atom is -0.493 e. The Hall–Kier alpha value is -1.81. The molecule has 0 saturated heterocycles. The van der Waals surface area contributed by atoms with Gasteiger partial charge in [0.1, 0.15) is 11.3 Å². The third kappa shape index (κ3) is 2.90. The van der Waals surface area contributed by atoms with Crippen LogP contribution in [0.1, 0.15) is 12.0 Å². The van der Waals surface area contributed by atoms with E-state index in [1.165, 1.54) is 6.07 Å². The maximum absolute atomic E-state index is 11.3. The zero-order chi connectivity index (χ0) is 13.0. The molecule has 0 saturated carbocycles. The summed E-state index contributed by atoms with van der Waals surface area (Å²) in [7, 11) is 1.91. The highest BCUT2D eigenvalue weighted by Crippen LogP contribution is 2.22. The van der Waals surface area contributed by atoms with Gasteiger partial charge in [0.05, 0.1) is 6.61 Å². The number of fused-ring (bicyclic) bond motifs is 1. The molecule has 0 atom stereocenters. The molecule has 4 heteroatoms. The second kappa shape index (κ2) is 5.69. The van der Waals surface area contributed by atoms with E-state index in [2.05, 4.69) is 5.32 Å². The lowest BCUT2D eigenvalue weighted by molar-refractivity contribution is 0.309. The maximum atomic E-state index is 11.3. The van der Waals surface area contributed by atoms with Crippen molar-refractivity contribution in [3.63, 3.8) is 0 Å². The van der Waals surface area contributed by atoms with Crippen LogP contribution in [0.25, 0.3) is 11.0 Å². The normalized spacial score (nSPS) is 10.8. The fourth-order valence-corrected chi connectivity index (χ4v) is 1.83. The molecule has 96 valence electrons. The van der Waals surface area contributed by atoms with Crippen LogP contribution in [0.4, 0.5) is 0 Å². The number of hydrogen-bond donors (Lipinski definition) is 1. The van der Waals surface area contributed by atoms with E-state index in [0.717, 1.165) is 29.7 Å². The van der Waals surface area contributed by atoms with Gasteiger partial charge in [-0.15, -0.1) is 0 Å². The van der Waals surface area contributed by atoms with Crippen molar-refractivity contribution in [3.05, 3.63) is 40.2 Å². The zero-order valence-corrected chi connectivity index (χ0v) is 10.7. The van der Waals surface area contributed by atoms with Crippen molar-refractivity contribution in [1.29, 1.82) is 0 Å². The van der Waals surface area contributed by atoms with Crippen molar-refractivity contribution in [3.8, 4) is 5.75 Å². The summed E-state index contributed by atoms with van der Waals surface area (Å²) in [6.45, 7) is 3.46. The first-order valence-corrected chi connectivity index (χ1v) is 6.02. The van der Waals surface area contributed by atoms with Crippen molar-refractivity contribution in [1.82, 2.24) is 5.32 Å². The van der Waals surface area contributed by atoms with Gasteiger partial charge in [-0.25, -0.2) is 4.79 Å². The van der Waals surface area contributed by atoms with E-state index in [4.69, 9.17) is 9.15 Å². The van der Waals surface area contributed by atoms with Crippen LogP contribution >= 0.6 is 0 Å². The number of benzene rings is 1. The second-order valence-electron chi connectivity index (χ2n) is 4.21. The summed E-state index contributed by atoms with van der Waals surface area (Å²) in [6, 6.07) is 7.08. The highest BCUT2D eigenvalue weighted by atomic mass is 16.5. The lowest BCUT2D eigenvalue weighted by Crippen LogP contribution is -2.11. The highest BCUT2D eigenvalue weighted by Gasteiger charge is 2.03. The molecule has 1 aromatic carbocycles. The molecule has 0 aliphatic heterocycles. The number of rotatable bonds is 5. The molecule has 1 N–H and O–H groups in total. The average molecular weight is 247 g/mol. The molecule has 0 amide bonds. The Morgan fingerprint density at radius 1 is 1.33 bits per heavy atom. The van der Waals surface area contributed by atoms with Crippen LogP contribution in [-0.4, -0.2) is 20.2 Å². The Kier molecular flexibility index (Phi) is 3.99. The van der Waals surface area contributed by atoms with Crippen LogP contribution in [0.2, 0.25) is 0 Å². The molecule has 0 spiro atoms. The first-order valence-electron chi connectivity index (χ1n) is 6.02. The van der Waals surface area contributed by atoms with Gasteiger partial charge in [0, 0.05) is 17.5 Å². The van der Waals surface area contributed by atoms with E-state index >= 15 is 0 Å². The Morgan fingerprint density at radius 3 is 2.94 bits per heavy atom. The standard InChI is InChI=1S/C14H17NO3/c1-10-8-14(16)18-13-9-11(4-5-12(10)13)17-7-3-6-15-2/h4-5,8-9,15H,3,6-7H2,1-2H3. The summed E-state index contributed by atoms with van der Waals surface area (Å²) in [4.78, 5) is 11.3. The van der Waals surface area contributed by atoms with Crippen LogP contribution in [0.5, 0.6) is 5.75 Å². The lowest BCUT2D eigenvalue weighted by Gasteiger charge is -2.07. The van der Waals surface area contributed by atoms with Gasteiger partial charge in [-0.3, -0.25) is 0 Å². The number of ether oxygens (including phenoxy) is 1. The quantitative estimate of drug-likeness (QED) is 0.649.